The fourth-order valence-corrected chi connectivity index (χ4v) is 1.50. The Morgan fingerprint density at radius 1 is 1.36 bits per heavy atom. The molecule has 0 spiro atoms. The largest absolute Gasteiger partial charge is 0.319 e. The molecule has 0 aromatic heterocycles. The molecule has 1 atom stereocenters. The molecule has 56 valence electrons. The van der Waals surface area contributed by atoms with Gasteiger partial charge in [-0.05, 0) is 11.1 Å². The third-order valence-electron chi connectivity index (χ3n) is 2.15. The summed E-state index contributed by atoms with van der Waals surface area (Å²) in [6.45, 7) is 0. The average molecular weight is 146 g/mol. The molecule has 0 radical (unpaired) electrons. The fourth-order valence-electron chi connectivity index (χ4n) is 1.50. The van der Waals surface area contributed by atoms with E-state index in [0.717, 1.165) is 12.0 Å². The maximum absolute atomic E-state index is 7.52. The topological polar surface area (TPSA) is 49.9 Å². The summed E-state index contributed by atoms with van der Waals surface area (Å²) in [5.41, 5.74) is 8.73. The highest BCUT2D eigenvalue weighted by molar-refractivity contribution is 5.94. The van der Waals surface area contributed by atoms with Crippen LogP contribution in [0.4, 0.5) is 0 Å². The average Bonchev–Trinajstić information content (AvgIpc) is 2.30. The first-order chi connectivity index (χ1) is 5.29. The van der Waals surface area contributed by atoms with E-state index in [1.807, 2.05) is 24.3 Å². The number of rotatable bonds is 0. The molecule has 1 aromatic carbocycles. The van der Waals surface area contributed by atoms with Crippen LogP contribution in [0.1, 0.15) is 17.2 Å². The summed E-state index contributed by atoms with van der Waals surface area (Å²) in [6, 6.07) is 7.85. The first-order valence-corrected chi connectivity index (χ1v) is 3.70. The van der Waals surface area contributed by atoms with Gasteiger partial charge in [-0.25, -0.2) is 0 Å². The lowest BCUT2D eigenvalue weighted by Gasteiger charge is -2.02. The van der Waals surface area contributed by atoms with Gasteiger partial charge in [0, 0.05) is 12.1 Å². The van der Waals surface area contributed by atoms with Crippen LogP contribution >= 0.6 is 0 Å². The van der Waals surface area contributed by atoms with E-state index in [-0.39, 0.29) is 6.04 Å². The molecule has 0 fully saturated rings. The molecular weight excluding hydrogens is 136 g/mol. The minimum Gasteiger partial charge on any atom is -0.319 e. The Kier molecular flexibility index (Phi) is 1.29. The highest BCUT2D eigenvalue weighted by Gasteiger charge is 2.22. The minimum atomic E-state index is -0.147. The summed E-state index contributed by atoms with van der Waals surface area (Å²) in [4.78, 5) is 0. The first-order valence-electron chi connectivity index (χ1n) is 3.70. The van der Waals surface area contributed by atoms with E-state index in [1.54, 1.807) is 0 Å². The number of benzene rings is 1. The predicted molar refractivity (Wildman–Crippen MR) is 44.8 cm³/mol. The zero-order chi connectivity index (χ0) is 7.84. The summed E-state index contributed by atoms with van der Waals surface area (Å²) in [7, 11) is 0. The highest BCUT2D eigenvalue weighted by Crippen LogP contribution is 2.25. The second-order valence-electron chi connectivity index (χ2n) is 2.88. The van der Waals surface area contributed by atoms with Crippen LogP contribution in [0.5, 0.6) is 0 Å². The van der Waals surface area contributed by atoms with Gasteiger partial charge in [-0.1, -0.05) is 24.3 Å². The van der Waals surface area contributed by atoms with Crippen molar-refractivity contribution in [3.63, 3.8) is 0 Å². The third-order valence-corrected chi connectivity index (χ3v) is 2.15. The van der Waals surface area contributed by atoms with Gasteiger partial charge in [-0.15, -0.1) is 0 Å². The molecule has 0 heterocycles. The number of fused-ring (bicyclic) bond motifs is 1. The van der Waals surface area contributed by atoms with Crippen molar-refractivity contribution in [2.45, 2.75) is 12.5 Å². The van der Waals surface area contributed by atoms with Gasteiger partial charge in [0.25, 0.3) is 0 Å². The van der Waals surface area contributed by atoms with Gasteiger partial charge in [-0.3, -0.25) is 0 Å². The van der Waals surface area contributed by atoms with Crippen LogP contribution in [0.15, 0.2) is 24.3 Å². The second kappa shape index (κ2) is 2.17. The predicted octanol–water partition coefficient (Wildman–Crippen LogP) is 1.26. The number of nitrogens with two attached hydrogens (primary N) is 1. The van der Waals surface area contributed by atoms with E-state index >= 15 is 0 Å². The summed E-state index contributed by atoms with van der Waals surface area (Å²) in [6.07, 6.45) is 0.733. The summed E-state index contributed by atoms with van der Waals surface area (Å²) in [5.74, 6) is 0. The van der Waals surface area contributed by atoms with Gasteiger partial charge < -0.3 is 11.1 Å². The molecule has 0 saturated heterocycles. The van der Waals surface area contributed by atoms with Crippen molar-refractivity contribution in [2.24, 2.45) is 5.73 Å². The normalized spacial score (nSPS) is 21.9. The quantitative estimate of drug-likeness (QED) is 0.568. The second-order valence-corrected chi connectivity index (χ2v) is 2.88. The van der Waals surface area contributed by atoms with E-state index in [9.17, 15) is 0 Å². The molecule has 11 heavy (non-hydrogen) atoms. The van der Waals surface area contributed by atoms with E-state index in [4.69, 9.17) is 11.1 Å². The zero-order valence-electron chi connectivity index (χ0n) is 6.17. The molecule has 1 aliphatic rings. The van der Waals surface area contributed by atoms with E-state index in [2.05, 4.69) is 0 Å². The summed E-state index contributed by atoms with van der Waals surface area (Å²) >= 11 is 0. The molecule has 0 saturated carbocycles. The number of nitrogens with one attached hydrogen (secondary N) is 1. The Morgan fingerprint density at radius 2 is 2.09 bits per heavy atom. The molecule has 2 nitrogen and oxygen atoms in total. The monoisotopic (exact) mass is 146 g/mol. The SMILES string of the molecule is N=C1Cc2ccccc2C1N. The molecule has 3 N–H and O–H groups in total. The van der Waals surface area contributed by atoms with Crippen LogP contribution in [0.25, 0.3) is 0 Å². The zero-order valence-corrected chi connectivity index (χ0v) is 6.17. The van der Waals surface area contributed by atoms with E-state index in [0.29, 0.717) is 5.71 Å². The van der Waals surface area contributed by atoms with Crippen molar-refractivity contribution < 1.29 is 0 Å². The van der Waals surface area contributed by atoms with Crippen LogP contribution in [0.2, 0.25) is 0 Å². The molecule has 1 aromatic rings. The standard InChI is InChI=1S/C9H10N2/c10-8-5-6-3-1-2-4-7(6)9(8)11/h1-4,9-10H,5,11H2. The molecule has 0 bridgehead atoms. The molecule has 0 amide bonds. The van der Waals surface area contributed by atoms with Crippen molar-refractivity contribution >= 4 is 5.71 Å². The van der Waals surface area contributed by atoms with E-state index in [1.165, 1.54) is 5.56 Å². The Balaban J connectivity index is 2.55. The maximum Gasteiger partial charge on any atom is 0.0685 e. The first kappa shape index (κ1) is 6.55. The van der Waals surface area contributed by atoms with Gasteiger partial charge in [0.15, 0.2) is 0 Å². The van der Waals surface area contributed by atoms with Crippen LogP contribution < -0.4 is 5.73 Å². The lowest BCUT2D eigenvalue weighted by atomic mass is 10.1. The molecule has 2 heteroatoms. The van der Waals surface area contributed by atoms with Crippen molar-refractivity contribution in [3.05, 3.63) is 35.4 Å². The lowest BCUT2D eigenvalue weighted by Crippen LogP contribution is -2.14. The van der Waals surface area contributed by atoms with Gasteiger partial charge in [0.2, 0.25) is 0 Å². The van der Waals surface area contributed by atoms with Crippen LogP contribution in [-0.2, 0) is 6.42 Å². The Bertz CT molecular complexity index is 304. The van der Waals surface area contributed by atoms with Gasteiger partial charge in [0.05, 0.1) is 6.04 Å². The van der Waals surface area contributed by atoms with Crippen LogP contribution in [0, 0.1) is 5.41 Å². The smallest absolute Gasteiger partial charge is 0.0685 e. The van der Waals surface area contributed by atoms with E-state index < -0.39 is 0 Å². The molecule has 0 aliphatic heterocycles. The molecule has 2 rings (SSSR count). The van der Waals surface area contributed by atoms with Gasteiger partial charge in [0.1, 0.15) is 0 Å². The van der Waals surface area contributed by atoms with Gasteiger partial charge in [-0.2, -0.15) is 0 Å². The summed E-state index contributed by atoms with van der Waals surface area (Å²) in [5, 5.41) is 7.52. The van der Waals surface area contributed by atoms with Crippen molar-refractivity contribution in [3.8, 4) is 0 Å². The maximum atomic E-state index is 7.52. The molecule has 1 unspecified atom stereocenters. The highest BCUT2D eigenvalue weighted by atomic mass is 14.7. The van der Waals surface area contributed by atoms with Crippen molar-refractivity contribution in [2.75, 3.05) is 0 Å². The van der Waals surface area contributed by atoms with Crippen molar-refractivity contribution in [1.82, 2.24) is 0 Å². The summed E-state index contributed by atoms with van der Waals surface area (Å²) < 4.78 is 0. The Labute approximate surface area is 65.5 Å². The Hall–Kier alpha value is -1.15. The van der Waals surface area contributed by atoms with Crippen LogP contribution in [0.3, 0.4) is 0 Å². The molecule has 1 aliphatic carbocycles. The van der Waals surface area contributed by atoms with Crippen molar-refractivity contribution in [1.29, 1.82) is 5.41 Å². The Morgan fingerprint density at radius 3 is 2.82 bits per heavy atom. The van der Waals surface area contributed by atoms with Crippen LogP contribution in [-0.4, -0.2) is 5.71 Å². The minimum absolute atomic E-state index is 0.147. The molecular formula is C9H10N2. The van der Waals surface area contributed by atoms with Gasteiger partial charge >= 0.3 is 0 Å². The number of hydrogen-bond donors (Lipinski definition) is 2. The fraction of sp³-hybridized carbons (Fsp3) is 0.222. The lowest BCUT2D eigenvalue weighted by molar-refractivity contribution is 0.973. The number of hydrogen-bond acceptors (Lipinski definition) is 2. The third kappa shape index (κ3) is 0.870.